The standard InChI is InChI=1S/C19H24N4O3S/c24-17(21-19-20-6-13-27-19)15-23(8-7-22-9-11-26-12-10-22)18(25)14-16-4-2-1-3-5-16/h1-6,13H,7-12,14-15H2,(H,20,21,24)/p+1. The first kappa shape index (κ1) is 19.5. The first-order valence-electron chi connectivity index (χ1n) is 9.13. The number of carbonyl (C=O) groups is 2. The van der Waals surface area contributed by atoms with Gasteiger partial charge < -0.3 is 19.9 Å². The number of thiazole rings is 1. The van der Waals surface area contributed by atoms with Crippen molar-refractivity contribution in [3.8, 4) is 0 Å². The fourth-order valence-corrected chi connectivity index (χ4v) is 3.54. The molecule has 2 N–H and O–H groups in total. The molecular formula is C19H25N4O3S+. The van der Waals surface area contributed by atoms with Crippen LogP contribution in [0.4, 0.5) is 5.13 Å². The average Bonchev–Trinajstić information content (AvgIpc) is 3.19. The largest absolute Gasteiger partial charge is 0.370 e. The molecule has 2 heterocycles. The van der Waals surface area contributed by atoms with E-state index < -0.39 is 0 Å². The Morgan fingerprint density at radius 2 is 2.00 bits per heavy atom. The number of anilines is 1. The number of hydrogen-bond acceptors (Lipinski definition) is 5. The third-order valence-corrected chi connectivity index (χ3v) is 5.19. The van der Waals surface area contributed by atoms with E-state index in [-0.39, 0.29) is 18.4 Å². The number of benzene rings is 1. The Kier molecular flexibility index (Phi) is 7.32. The second kappa shape index (κ2) is 10.1. The molecule has 144 valence electrons. The van der Waals surface area contributed by atoms with Crippen molar-refractivity contribution >= 4 is 28.3 Å². The number of hydrogen-bond donors (Lipinski definition) is 2. The van der Waals surface area contributed by atoms with Crippen LogP contribution in [-0.4, -0.2) is 67.6 Å². The predicted molar refractivity (Wildman–Crippen MR) is 104 cm³/mol. The van der Waals surface area contributed by atoms with Crippen LogP contribution >= 0.6 is 11.3 Å². The summed E-state index contributed by atoms with van der Waals surface area (Å²) < 4.78 is 5.38. The van der Waals surface area contributed by atoms with Gasteiger partial charge in [0.2, 0.25) is 11.8 Å². The molecule has 0 saturated carbocycles. The van der Waals surface area contributed by atoms with E-state index in [0.717, 1.165) is 38.4 Å². The van der Waals surface area contributed by atoms with Crippen molar-refractivity contribution in [2.24, 2.45) is 0 Å². The van der Waals surface area contributed by atoms with Gasteiger partial charge in [0.1, 0.15) is 19.6 Å². The average molecular weight is 390 g/mol. The van der Waals surface area contributed by atoms with E-state index in [2.05, 4.69) is 10.3 Å². The lowest BCUT2D eigenvalue weighted by molar-refractivity contribution is -0.907. The first-order chi connectivity index (χ1) is 13.2. The topological polar surface area (TPSA) is 76.0 Å². The molecule has 0 aliphatic carbocycles. The third kappa shape index (κ3) is 6.42. The fourth-order valence-electron chi connectivity index (χ4n) is 2.99. The number of nitrogens with zero attached hydrogens (tertiary/aromatic N) is 2. The van der Waals surface area contributed by atoms with E-state index in [1.54, 1.807) is 16.5 Å². The normalized spacial score (nSPS) is 14.7. The van der Waals surface area contributed by atoms with Crippen molar-refractivity contribution in [3.05, 3.63) is 47.5 Å². The van der Waals surface area contributed by atoms with E-state index in [4.69, 9.17) is 4.74 Å². The van der Waals surface area contributed by atoms with Crippen LogP contribution in [0.5, 0.6) is 0 Å². The Bertz CT molecular complexity index is 718. The van der Waals surface area contributed by atoms with E-state index >= 15 is 0 Å². The van der Waals surface area contributed by atoms with Gasteiger partial charge in [0.05, 0.1) is 32.7 Å². The zero-order valence-corrected chi connectivity index (χ0v) is 16.0. The highest BCUT2D eigenvalue weighted by molar-refractivity contribution is 7.13. The summed E-state index contributed by atoms with van der Waals surface area (Å²) in [6, 6.07) is 9.62. The van der Waals surface area contributed by atoms with Gasteiger partial charge in [-0.05, 0) is 5.56 Å². The highest BCUT2D eigenvalue weighted by Crippen LogP contribution is 2.10. The maximum absolute atomic E-state index is 12.8. The summed E-state index contributed by atoms with van der Waals surface area (Å²) in [4.78, 5) is 32.3. The van der Waals surface area contributed by atoms with Crippen LogP contribution in [0.1, 0.15) is 5.56 Å². The minimum absolute atomic E-state index is 0.0367. The minimum Gasteiger partial charge on any atom is -0.370 e. The Morgan fingerprint density at radius 1 is 1.22 bits per heavy atom. The van der Waals surface area contributed by atoms with Gasteiger partial charge in [-0.3, -0.25) is 9.59 Å². The lowest BCUT2D eigenvalue weighted by Gasteiger charge is -2.27. The molecule has 27 heavy (non-hydrogen) atoms. The molecule has 0 spiro atoms. The Labute approximate surface area is 162 Å². The van der Waals surface area contributed by atoms with Crippen LogP contribution in [0.2, 0.25) is 0 Å². The van der Waals surface area contributed by atoms with E-state index in [1.165, 1.54) is 16.2 Å². The summed E-state index contributed by atoms with van der Waals surface area (Å²) in [7, 11) is 0. The number of carbonyl (C=O) groups excluding carboxylic acids is 2. The van der Waals surface area contributed by atoms with Crippen molar-refractivity contribution in [3.63, 3.8) is 0 Å². The molecular weight excluding hydrogens is 364 g/mol. The number of ether oxygens (including phenoxy) is 1. The zero-order valence-electron chi connectivity index (χ0n) is 15.2. The molecule has 1 aromatic carbocycles. The first-order valence-corrected chi connectivity index (χ1v) is 10.0. The maximum Gasteiger partial charge on any atom is 0.245 e. The smallest absolute Gasteiger partial charge is 0.245 e. The molecule has 7 nitrogen and oxygen atoms in total. The van der Waals surface area contributed by atoms with Crippen LogP contribution < -0.4 is 10.2 Å². The molecule has 0 unspecified atom stereocenters. The molecule has 2 aromatic rings. The van der Waals surface area contributed by atoms with Gasteiger partial charge in [-0.1, -0.05) is 30.3 Å². The lowest BCUT2D eigenvalue weighted by Crippen LogP contribution is -3.14. The zero-order chi connectivity index (χ0) is 18.9. The number of aromatic nitrogens is 1. The Morgan fingerprint density at radius 3 is 2.70 bits per heavy atom. The Balaban J connectivity index is 1.59. The number of rotatable bonds is 8. The number of quaternary nitrogens is 1. The van der Waals surface area contributed by atoms with Gasteiger partial charge in [0.15, 0.2) is 5.13 Å². The number of amides is 2. The summed E-state index contributed by atoms with van der Waals surface area (Å²) >= 11 is 1.36. The van der Waals surface area contributed by atoms with Crippen LogP contribution in [0, 0.1) is 0 Å². The fraction of sp³-hybridized carbons (Fsp3) is 0.421. The molecule has 1 aromatic heterocycles. The van der Waals surface area contributed by atoms with Crippen LogP contribution in [0.15, 0.2) is 41.9 Å². The monoisotopic (exact) mass is 389 g/mol. The van der Waals surface area contributed by atoms with Gasteiger partial charge >= 0.3 is 0 Å². The summed E-state index contributed by atoms with van der Waals surface area (Å²) in [5, 5.41) is 5.11. The SMILES string of the molecule is O=C(CN(CC[NH+]1CCOCC1)C(=O)Cc1ccccc1)Nc1nccs1. The second-order valence-corrected chi connectivity index (χ2v) is 7.37. The van der Waals surface area contributed by atoms with Gasteiger partial charge in [0, 0.05) is 11.6 Å². The molecule has 1 fully saturated rings. The quantitative estimate of drug-likeness (QED) is 0.670. The highest BCUT2D eigenvalue weighted by atomic mass is 32.1. The molecule has 0 atom stereocenters. The van der Waals surface area contributed by atoms with Crippen LogP contribution in [0.3, 0.4) is 0 Å². The third-order valence-electron chi connectivity index (χ3n) is 4.50. The van der Waals surface area contributed by atoms with Gasteiger partial charge in [-0.2, -0.15) is 0 Å². The van der Waals surface area contributed by atoms with Gasteiger partial charge in [-0.15, -0.1) is 11.3 Å². The van der Waals surface area contributed by atoms with Crippen molar-refractivity contribution < 1.29 is 19.2 Å². The Hall–Kier alpha value is -2.29. The molecule has 3 rings (SSSR count). The molecule has 1 aliphatic heterocycles. The van der Waals surface area contributed by atoms with E-state index in [0.29, 0.717) is 18.1 Å². The highest BCUT2D eigenvalue weighted by Gasteiger charge is 2.21. The van der Waals surface area contributed by atoms with Crippen LogP contribution in [0.25, 0.3) is 0 Å². The van der Waals surface area contributed by atoms with Gasteiger partial charge in [-0.25, -0.2) is 4.98 Å². The maximum atomic E-state index is 12.8. The van der Waals surface area contributed by atoms with Gasteiger partial charge in [0.25, 0.3) is 0 Å². The molecule has 0 bridgehead atoms. The second-order valence-electron chi connectivity index (χ2n) is 6.48. The number of nitrogens with one attached hydrogen (secondary N) is 2. The number of morpholine rings is 1. The molecule has 8 heteroatoms. The van der Waals surface area contributed by atoms with E-state index in [1.807, 2.05) is 30.3 Å². The summed E-state index contributed by atoms with van der Waals surface area (Å²) in [6.07, 6.45) is 1.93. The van der Waals surface area contributed by atoms with Crippen molar-refractivity contribution in [2.75, 3.05) is 51.3 Å². The van der Waals surface area contributed by atoms with E-state index in [9.17, 15) is 9.59 Å². The van der Waals surface area contributed by atoms with Crippen molar-refractivity contribution in [1.82, 2.24) is 9.88 Å². The van der Waals surface area contributed by atoms with Crippen molar-refractivity contribution in [2.45, 2.75) is 6.42 Å². The minimum atomic E-state index is -0.219. The summed E-state index contributed by atoms with van der Waals surface area (Å²) in [5.41, 5.74) is 0.951. The lowest BCUT2D eigenvalue weighted by atomic mass is 10.1. The van der Waals surface area contributed by atoms with Crippen LogP contribution in [-0.2, 0) is 20.7 Å². The molecule has 0 radical (unpaired) electrons. The molecule has 1 aliphatic rings. The summed E-state index contributed by atoms with van der Waals surface area (Å²) in [6.45, 7) is 4.77. The summed E-state index contributed by atoms with van der Waals surface area (Å²) in [5.74, 6) is -0.258. The van der Waals surface area contributed by atoms with Crippen molar-refractivity contribution in [1.29, 1.82) is 0 Å². The predicted octanol–water partition coefficient (Wildman–Crippen LogP) is 0.0680. The molecule has 2 amide bonds. The molecule has 1 saturated heterocycles.